The molecule has 1 N–H and O–H groups in total. The molecule has 0 amide bonds. The summed E-state index contributed by atoms with van der Waals surface area (Å²) in [5.41, 5.74) is 4.48. The number of nitrogens with one attached hydrogen (secondary N) is 1. The Morgan fingerprint density at radius 2 is 1.59 bits per heavy atom. The van der Waals surface area contributed by atoms with Gasteiger partial charge in [0.1, 0.15) is 19.0 Å². The summed E-state index contributed by atoms with van der Waals surface area (Å²) in [4.78, 5) is 28.0. The predicted octanol–water partition coefficient (Wildman–Crippen LogP) is 6.84. The number of Topliss-reactive ketones (excluding diaryl/α,β-unsaturated/α-hetero) is 1. The fraction of sp³-hybridized carbons (Fsp3) is 0.243. The average Bonchev–Trinajstić information content (AvgIpc) is 3.05. The quantitative estimate of drug-likeness (QED) is 0.169. The van der Waals surface area contributed by atoms with Gasteiger partial charge in [0.25, 0.3) is 0 Å². The van der Waals surface area contributed by atoms with E-state index in [2.05, 4.69) is 5.32 Å². The third kappa shape index (κ3) is 5.65. The molecule has 224 valence electrons. The molecule has 1 aliphatic carbocycles. The maximum atomic E-state index is 14.2. The molecule has 0 saturated heterocycles. The van der Waals surface area contributed by atoms with Crippen molar-refractivity contribution in [3.8, 4) is 17.2 Å². The molecule has 2 unspecified atom stereocenters. The number of fused-ring (bicyclic) bond motifs is 1. The summed E-state index contributed by atoms with van der Waals surface area (Å²) in [6.07, 6.45) is 0.923. The van der Waals surface area contributed by atoms with Gasteiger partial charge in [-0.3, -0.25) is 4.79 Å². The Morgan fingerprint density at radius 1 is 0.841 bits per heavy atom. The minimum absolute atomic E-state index is 0.00156. The second-order valence-electron chi connectivity index (χ2n) is 11.0. The first-order chi connectivity index (χ1) is 21.5. The van der Waals surface area contributed by atoms with Gasteiger partial charge in [-0.15, -0.1) is 0 Å². The van der Waals surface area contributed by atoms with Crippen LogP contribution in [0.25, 0.3) is 10.8 Å². The first-order valence-electron chi connectivity index (χ1n) is 14.8. The van der Waals surface area contributed by atoms with Crippen LogP contribution in [0, 0.1) is 0 Å². The molecule has 4 aromatic carbocycles. The Kier molecular flexibility index (Phi) is 8.37. The molecule has 1 aliphatic heterocycles. The summed E-state index contributed by atoms with van der Waals surface area (Å²) < 4.78 is 22.5. The molecule has 6 rings (SSSR count). The Morgan fingerprint density at radius 3 is 2.39 bits per heavy atom. The zero-order valence-corrected chi connectivity index (χ0v) is 25.1. The first-order valence-corrected chi connectivity index (χ1v) is 14.8. The van der Waals surface area contributed by atoms with E-state index >= 15 is 0 Å². The smallest absolute Gasteiger partial charge is 0.336 e. The van der Waals surface area contributed by atoms with Crippen LogP contribution in [0.2, 0.25) is 0 Å². The third-order valence-corrected chi connectivity index (χ3v) is 8.39. The second-order valence-corrected chi connectivity index (χ2v) is 11.0. The van der Waals surface area contributed by atoms with Crippen molar-refractivity contribution in [3.05, 3.63) is 125 Å². The highest BCUT2D eigenvalue weighted by Gasteiger charge is 2.42. The highest BCUT2D eigenvalue weighted by atomic mass is 16.6. The molecule has 0 aromatic heterocycles. The van der Waals surface area contributed by atoms with Gasteiger partial charge in [-0.2, -0.15) is 0 Å². The van der Waals surface area contributed by atoms with Crippen LogP contribution in [0.1, 0.15) is 42.7 Å². The number of hydrogen-bond acceptors (Lipinski definition) is 7. The molecule has 0 saturated carbocycles. The lowest BCUT2D eigenvalue weighted by molar-refractivity contribution is -0.140. The molecule has 44 heavy (non-hydrogen) atoms. The number of ether oxygens (including phenoxy) is 4. The number of benzene rings is 4. The van der Waals surface area contributed by atoms with E-state index < -0.39 is 11.9 Å². The fourth-order valence-electron chi connectivity index (χ4n) is 6.35. The van der Waals surface area contributed by atoms with E-state index in [9.17, 15) is 9.59 Å². The number of methoxy groups -OCH3 is 2. The topological polar surface area (TPSA) is 83.1 Å². The van der Waals surface area contributed by atoms with Crippen molar-refractivity contribution in [2.75, 3.05) is 27.4 Å². The normalized spacial score (nSPS) is 18.0. The minimum Gasteiger partial charge on any atom is -0.493 e. The molecular weight excluding hydrogens is 554 g/mol. The highest BCUT2D eigenvalue weighted by Crippen LogP contribution is 2.47. The summed E-state index contributed by atoms with van der Waals surface area (Å²) in [6, 6.07) is 29.3. The Bertz CT molecular complexity index is 1770. The van der Waals surface area contributed by atoms with Gasteiger partial charge in [-0.1, -0.05) is 66.7 Å². The second kappa shape index (κ2) is 12.7. The molecule has 0 bridgehead atoms. The number of hydrogen-bond donors (Lipinski definition) is 1. The number of para-hydroxylation sites is 1. The maximum absolute atomic E-state index is 14.2. The van der Waals surface area contributed by atoms with Gasteiger partial charge >= 0.3 is 5.97 Å². The van der Waals surface area contributed by atoms with Crippen LogP contribution >= 0.6 is 0 Å². The summed E-state index contributed by atoms with van der Waals surface area (Å²) in [7, 11) is 3.21. The standard InChI is InChI=1S/C37H35NO6/c1-23-34(37(40)44-19-18-43-27-12-5-4-6-13-27)35(29-15-9-11-24-10-7-8-14-28(24)29)36-30(38-23)20-26(21-31(36)39)25-16-17-32(41-2)33(22-25)42-3/h4-17,22,26,35,38H,18-21H2,1-3H3. The molecule has 0 spiro atoms. The first kappa shape index (κ1) is 29.1. The maximum Gasteiger partial charge on any atom is 0.336 e. The van der Waals surface area contributed by atoms with Gasteiger partial charge in [-0.25, -0.2) is 4.79 Å². The van der Waals surface area contributed by atoms with Gasteiger partial charge in [-0.05, 0) is 65.4 Å². The Hall–Kier alpha value is -5.04. The van der Waals surface area contributed by atoms with Crippen molar-refractivity contribution in [1.29, 1.82) is 0 Å². The predicted molar refractivity (Wildman–Crippen MR) is 169 cm³/mol. The van der Waals surface area contributed by atoms with Gasteiger partial charge in [0.2, 0.25) is 0 Å². The van der Waals surface area contributed by atoms with Crippen LogP contribution < -0.4 is 19.5 Å². The van der Waals surface area contributed by atoms with E-state index in [1.165, 1.54) is 0 Å². The van der Waals surface area contributed by atoms with Crippen LogP contribution in [0.3, 0.4) is 0 Å². The highest BCUT2D eigenvalue weighted by molar-refractivity contribution is 6.05. The largest absolute Gasteiger partial charge is 0.493 e. The molecule has 7 nitrogen and oxygen atoms in total. The average molecular weight is 590 g/mol. The molecule has 2 aliphatic rings. The van der Waals surface area contributed by atoms with Crippen LogP contribution in [0.15, 0.2) is 114 Å². The summed E-state index contributed by atoms with van der Waals surface area (Å²) in [5.74, 6) is 0.879. The summed E-state index contributed by atoms with van der Waals surface area (Å²) in [5, 5.41) is 5.48. The lowest BCUT2D eigenvalue weighted by Gasteiger charge is -2.37. The lowest BCUT2D eigenvalue weighted by atomic mass is 9.71. The lowest BCUT2D eigenvalue weighted by Crippen LogP contribution is -2.36. The Labute approximate surface area is 257 Å². The molecule has 0 radical (unpaired) electrons. The van der Waals surface area contributed by atoms with Crippen LogP contribution in [0.4, 0.5) is 0 Å². The molecule has 7 heteroatoms. The SMILES string of the molecule is COc1ccc(C2CC(=O)C3=C(C2)NC(C)=C(C(=O)OCCOc2ccccc2)C3c2cccc3ccccc23)cc1OC. The van der Waals surface area contributed by atoms with Crippen molar-refractivity contribution in [1.82, 2.24) is 5.32 Å². The van der Waals surface area contributed by atoms with E-state index in [1.54, 1.807) is 14.2 Å². The van der Waals surface area contributed by atoms with E-state index in [4.69, 9.17) is 18.9 Å². The van der Waals surface area contributed by atoms with Gasteiger partial charge in [0.05, 0.1) is 19.8 Å². The zero-order valence-electron chi connectivity index (χ0n) is 25.1. The van der Waals surface area contributed by atoms with E-state index in [0.29, 0.717) is 46.9 Å². The molecule has 4 aromatic rings. The van der Waals surface area contributed by atoms with E-state index in [0.717, 1.165) is 27.6 Å². The fourth-order valence-corrected chi connectivity index (χ4v) is 6.35. The third-order valence-electron chi connectivity index (χ3n) is 8.39. The van der Waals surface area contributed by atoms with Crippen molar-refractivity contribution in [2.45, 2.75) is 31.6 Å². The molecule has 0 fully saturated rings. The molecule has 2 atom stereocenters. The number of carbonyl (C=O) groups excluding carboxylic acids is 2. The van der Waals surface area contributed by atoms with Crippen molar-refractivity contribution in [3.63, 3.8) is 0 Å². The van der Waals surface area contributed by atoms with Gasteiger partial charge in [0.15, 0.2) is 17.3 Å². The monoisotopic (exact) mass is 589 g/mol. The van der Waals surface area contributed by atoms with Crippen LogP contribution in [0.5, 0.6) is 17.2 Å². The summed E-state index contributed by atoms with van der Waals surface area (Å²) >= 11 is 0. The Balaban J connectivity index is 1.35. The van der Waals surface area contributed by atoms with Gasteiger partial charge < -0.3 is 24.3 Å². The van der Waals surface area contributed by atoms with Crippen LogP contribution in [-0.4, -0.2) is 39.2 Å². The molecule has 1 heterocycles. The van der Waals surface area contributed by atoms with E-state index in [-0.39, 0.29) is 24.9 Å². The number of dihydropyridines is 1. The number of allylic oxidation sites excluding steroid dienone is 3. The zero-order chi connectivity index (χ0) is 30.6. The minimum atomic E-state index is -0.571. The number of carbonyl (C=O) groups is 2. The van der Waals surface area contributed by atoms with E-state index in [1.807, 2.05) is 97.9 Å². The summed E-state index contributed by atoms with van der Waals surface area (Å²) in [6.45, 7) is 2.17. The van der Waals surface area contributed by atoms with Gasteiger partial charge in [0, 0.05) is 29.3 Å². The number of rotatable bonds is 9. The van der Waals surface area contributed by atoms with Crippen molar-refractivity contribution < 1.29 is 28.5 Å². The van der Waals surface area contributed by atoms with Crippen molar-refractivity contribution >= 4 is 22.5 Å². The number of ketones is 1. The van der Waals surface area contributed by atoms with Crippen LogP contribution in [-0.2, 0) is 14.3 Å². The van der Waals surface area contributed by atoms with Crippen molar-refractivity contribution in [2.24, 2.45) is 0 Å². The number of esters is 1. The molecular formula is C37H35NO6.